The molecule has 1 aromatic carbocycles. The SMILES string of the molecule is CCOC(=O)C(N=Nc1ccccc1Cl)=C(O)CSc1nnc(C(F)(F)F)n1C. The number of hydrogen-bond acceptors (Lipinski definition) is 8. The van der Waals surface area contributed by atoms with E-state index in [4.69, 9.17) is 16.3 Å². The molecule has 8 nitrogen and oxygen atoms in total. The van der Waals surface area contributed by atoms with E-state index < -0.39 is 29.4 Å². The first kappa shape index (κ1) is 22.7. The van der Waals surface area contributed by atoms with Gasteiger partial charge in [-0.1, -0.05) is 35.5 Å². The summed E-state index contributed by atoms with van der Waals surface area (Å²) >= 11 is 6.69. The predicted octanol–water partition coefficient (Wildman–Crippen LogP) is 4.70. The minimum atomic E-state index is -4.67. The zero-order valence-electron chi connectivity index (χ0n) is 15.1. The van der Waals surface area contributed by atoms with Crippen molar-refractivity contribution in [3.63, 3.8) is 0 Å². The van der Waals surface area contributed by atoms with Crippen molar-refractivity contribution >= 4 is 35.0 Å². The molecule has 0 aliphatic carbocycles. The number of benzene rings is 1. The van der Waals surface area contributed by atoms with Crippen molar-refractivity contribution < 1.29 is 27.8 Å². The van der Waals surface area contributed by atoms with Gasteiger partial charge in [-0.2, -0.15) is 13.2 Å². The zero-order chi connectivity index (χ0) is 21.6. The quantitative estimate of drug-likeness (QED) is 0.216. The van der Waals surface area contributed by atoms with Gasteiger partial charge in [0.2, 0.25) is 11.5 Å². The van der Waals surface area contributed by atoms with Gasteiger partial charge in [0.15, 0.2) is 5.16 Å². The van der Waals surface area contributed by atoms with Crippen LogP contribution in [0.15, 0.2) is 51.1 Å². The van der Waals surface area contributed by atoms with Gasteiger partial charge in [0.25, 0.3) is 0 Å². The predicted molar refractivity (Wildman–Crippen MR) is 99.0 cm³/mol. The number of halogens is 4. The van der Waals surface area contributed by atoms with Crippen LogP contribution in [-0.4, -0.2) is 38.2 Å². The number of carbonyl (C=O) groups excluding carboxylic acids is 1. The van der Waals surface area contributed by atoms with Gasteiger partial charge in [0.05, 0.1) is 17.4 Å². The average Bonchev–Trinajstić information content (AvgIpc) is 3.02. The van der Waals surface area contributed by atoms with E-state index in [0.717, 1.165) is 23.4 Å². The van der Waals surface area contributed by atoms with Gasteiger partial charge in [-0.25, -0.2) is 4.79 Å². The molecule has 2 rings (SSSR count). The molecule has 0 amide bonds. The molecule has 13 heteroatoms. The van der Waals surface area contributed by atoms with E-state index in [1.54, 1.807) is 31.2 Å². The second-order valence-corrected chi connectivity index (χ2v) is 6.67. The molecule has 0 saturated carbocycles. The molecule has 29 heavy (non-hydrogen) atoms. The van der Waals surface area contributed by atoms with E-state index in [1.807, 2.05) is 0 Å². The summed E-state index contributed by atoms with van der Waals surface area (Å²) in [4.78, 5) is 12.1. The minimum absolute atomic E-state index is 0.0165. The van der Waals surface area contributed by atoms with Gasteiger partial charge < -0.3 is 14.4 Å². The molecule has 0 saturated heterocycles. The molecule has 0 bridgehead atoms. The fraction of sp³-hybridized carbons (Fsp3) is 0.312. The number of alkyl halides is 3. The van der Waals surface area contributed by atoms with E-state index in [1.165, 1.54) is 0 Å². The Hall–Kier alpha value is -2.60. The minimum Gasteiger partial charge on any atom is -0.509 e. The lowest BCUT2D eigenvalue weighted by molar-refractivity contribution is -0.147. The number of aliphatic hydroxyl groups excluding tert-OH is 1. The lowest BCUT2D eigenvalue weighted by Crippen LogP contribution is -2.13. The van der Waals surface area contributed by atoms with Crippen molar-refractivity contribution in [2.45, 2.75) is 18.3 Å². The molecule has 0 unspecified atom stereocenters. The van der Waals surface area contributed by atoms with Crippen LogP contribution < -0.4 is 0 Å². The second kappa shape index (κ2) is 9.74. The molecule has 0 aliphatic heterocycles. The molecule has 0 spiro atoms. The van der Waals surface area contributed by atoms with Crippen LogP contribution in [0.1, 0.15) is 12.7 Å². The van der Waals surface area contributed by atoms with Gasteiger partial charge in [-0.3, -0.25) is 0 Å². The first-order valence-corrected chi connectivity index (χ1v) is 9.36. The highest BCUT2D eigenvalue weighted by atomic mass is 35.5. The third kappa shape index (κ3) is 5.94. The smallest absolute Gasteiger partial charge is 0.451 e. The van der Waals surface area contributed by atoms with Crippen LogP contribution in [0, 0.1) is 0 Å². The summed E-state index contributed by atoms with van der Waals surface area (Å²) in [5.41, 5.74) is -0.253. The summed E-state index contributed by atoms with van der Waals surface area (Å²) in [5.74, 6) is -3.01. The van der Waals surface area contributed by atoms with Crippen molar-refractivity contribution in [3.05, 3.63) is 46.6 Å². The lowest BCUT2D eigenvalue weighted by atomic mass is 10.3. The van der Waals surface area contributed by atoms with Crippen LogP contribution in [0.25, 0.3) is 0 Å². The Labute approximate surface area is 172 Å². The Morgan fingerprint density at radius 1 is 1.34 bits per heavy atom. The van der Waals surface area contributed by atoms with Gasteiger partial charge in [-0.15, -0.1) is 20.4 Å². The highest BCUT2D eigenvalue weighted by molar-refractivity contribution is 7.99. The second-order valence-electron chi connectivity index (χ2n) is 5.32. The maximum atomic E-state index is 12.8. The number of ether oxygens (including phenoxy) is 1. The van der Waals surface area contributed by atoms with Gasteiger partial charge in [-0.05, 0) is 19.1 Å². The van der Waals surface area contributed by atoms with Crippen LogP contribution in [0.3, 0.4) is 0 Å². The zero-order valence-corrected chi connectivity index (χ0v) is 16.7. The fourth-order valence-electron chi connectivity index (χ4n) is 1.94. The first-order chi connectivity index (χ1) is 13.6. The van der Waals surface area contributed by atoms with Crippen LogP contribution in [-0.2, 0) is 22.8 Å². The van der Waals surface area contributed by atoms with Crippen molar-refractivity contribution in [1.29, 1.82) is 0 Å². The number of azo groups is 1. The Morgan fingerprint density at radius 3 is 2.62 bits per heavy atom. The number of aromatic nitrogens is 3. The summed E-state index contributed by atoms with van der Waals surface area (Å²) in [6.45, 7) is 1.58. The average molecular weight is 450 g/mol. The maximum Gasteiger partial charge on any atom is 0.451 e. The van der Waals surface area contributed by atoms with E-state index in [-0.39, 0.29) is 28.2 Å². The third-order valence-electron chi connectivity index (χ3n) is 3.28. The molecule has 0 fully saturated rings. The summed E-state index contributed by atoms with van der Waals surface area (Å²) in [6.07, 6.45) is -4.67. The van der Waals surface area contributed by atoms with Crippen molar-refractivity contribution in [2.75, 3.05) is 12.4 Å². The normalized spacial score (nSPS) is 12.9. The number of thioether (sulfide) groups is 1. The molecule has 0 radical (unpaired) electrons. The van der Waals surface area contributed by atoms with E-state index in [0.29, 0.717) is 0 Å². The highest BCUT2D eigenvalue weighted by Gasteiger charge is 2.37. The molecule has 1 heterocycles. The standard InChI is InChI=1S/C16H15ClF3N5O3S/c1-3-28-13(27)12(22-21-10-7-5-4-6-9(10)17)11(26)8-29-15-24-23-14(25(15)2)16(18,19)20/h4-7,26H,3,8H2,1-2H3. The lowest BCUT2D eigenvalue weighted by Gasteiger charge is -2.07. The Kier molecular flexibility index (Phi) is 7.62. The molecule has 1 aromatic heterocycles. The Bertz CT molecular complexity index is 946. The summed E-state index contributed by atoms with van der Waals surface area (Å²) < 4.78 is 43.9. The monoisotopic (exact) mass is 449 g/mol. The molecular formula is C16H15ClF3N5O3S. The van der Waals surface area contributed by atoms with Crippen LogP contribution in [0.2, 0.25) is 5.02 Å². The number of esters is 1. The highest BCUT2D eigenvalue weighted by Crippen LogP contribution is 2.30. The van der Waals surface area contributed by atoms with Gasteiger partial charge >= 0.3 is 12.1 Å². The van der Waals surface area contributed by atoms with E-state index >= 15 is 0 Å². The number of carbonyl (C=O) groups is 1. The van der Waals surface area contributed by atoms with Crippen LogP contribution in [0.4, 0.5) is 18.9 Å². The van der Waals surface area contributed by atoms with Gasteiger partial charge in [0, 0.05) is 7.05 Å². The number of nitrogens with zero attached hydrogens (tertiary/aromatic N) is 5. The van der Waals surface area contributed by atoms with Crippen molar-refractivity contribution in [2.24, 2.45) is 17.3 Å². The summed E-state index contributed by atoms with van der Waals surface area (Å²) in [5, 5.41) is 24.5. The molecule has 0 atom stereocenters. The third-order valence-corrected chi connectivity index (χ3v) is 4.63. The Morgan fingerprint density at radius 2 is 2.03 bits per heavy atom. The maximum absolute atomic E-state index is 12.8. The van der Waals surface area contributed by atoms with Crippen molar-refractivity contribution in [1.82, 2.24) is 14.8 Å². The molecule has 0 aliphatic rings. The van der Waals surface area contributed by atoms with Crippen molar-refractivity contribution in [3.8, 4) is 0 Å². The first-order valence-electron chi connectivity index (χ1n) is 8.00. The fourth-order valence-corrected chi connectivity index (χ4v) is 2.90. The topological polar surface area (TPSA) is 102 Å². The molecular weight excluding hydrogens is 435 g/mol. The largest absolute Gasteiger partial charge is 0.509 e. The summed E-state index contributed by atoms with van der Waals surface area (Å²) in [6, 6.07) is 6.42. The number of rotatable bonds is 7. The molecule has 2 aromatic rings. The molecule has 1 N–H and O–H groups in total. The summed E-state index contributed by atoms with van der Waals surface area (Å²) in [7, 11) is 1.13. The van der Waals surface area contributed by atoms with Crippen LogP contribution >= 0.6 is 23.4 Å². The van der Waals surface area contributed by atoms with Crippen LogP contribution in [0.5, 0.6) is 0 Å². The van der Waals surface area contributed by atoms with E-state index in [2.05, 4.69) is 20.4 Å². The van der Waals surface area contributed by atoms with E-state index in [9.17, 15) is 23.1 Å². The Balaban J connectivity index is 2.26. The number of aliphatic hydroxyl groups is 1. The van der Waals surface area contributed by atoms with Gasteiger partial charge in [0.1, 0.15) is 11.4 Å². The molecule has 156 valence electrons. The number of hydrogen-bond donors (Lipinski definition) is 1.